The second-order valence-corrected chi connectivity index (χ2v) is 1.25. The maximum absolute atomic E-state index is 2.92. The van der Waals surface area contributed by atoms with Crippen molar-refractivity contribution < 1.29 is 51.4 Å². The van der Waals surface area contributed by atoms with Crippen molar-refractivity contribution in [3.05, 3.63) is 24.5 Å². The van der Waals surface area contributed by atoms with E-state index in [1.807, 2.05) is 29.9 Å². The predicted octanol–water partition coefficient (Wildman–Crippen LogP) is -2.17. The van der Waals surface area contributed by atoms with Crippen LogP contribution in [-0.4, -0.2) is 4.57 Å². The normalized spacial score (nSPS) is 7.57. The van der Waals surface area contributed by atoms with Gasteiger partial charge in [-0.25, -0.2) is 0 Å². The Hall–Kier alpha value is 0.916. The van der Waals surface area contributed by atoms with Gasteiger partial charge in [-0.1, -0.05) is 0 Å². The Kier molecular flexibility index (Phi) is 4.37. The van der Waals surface area contributed by atoms with Crippen molar-refractivity contribution >= 4 is 0 Å². The summed E-state index contributed by atoms with van der Waals surface area (Å²) in [6.45, 7) is 0. The molecular weight excluding hydrogens is 113 g/mol. The van der Waals surface area contributed by atoms with E-state index in [0.29, 0.717) is 0 Å². The summed E-state index contributed by atoms with van der Waals surface area (Å²) < 4.78 is 1.88. The minimum Gasteiger partial charge on any atom is -0.473 e. The minimum atomic E-state index is 0. The van der Waals surface area contributed by atoms with Crippen molar-refractivity contribution in [2.45, 2.75) is 0 Å². The van der Waals surface area contributed by atoms with Gasteiger partial charge < -0.3 is 4.57 Å². The van der Waals surface area contributed by atoms with E-state index in [-0.39, 0.29) is 51.4 Å². The van der Waals surface area contributed by atoms with Gasteiger partial charge in [0.05, 0.1) is 0 Å². The smallest absolute Gasteiger partial charge is 0.473 e. The first kappa shape index (κ1) is 7.92. The van der Waals surface area contributed by atoms with Crippen LogP contribution in [0.15, 0.2) is 18.3 Å². The van der Waals surface area contributed by atoms with E-state index in [4.69, 9.17) is 0 Å². The molecule has 0 bridgehead atoms. The van der Waals surface area contributed by atoms with Crippen LogP contribution >= 0.6 is 0 Å². The van der Waals surface area contributed by atoms with E-state index in [0.717, 1.165) is 0 Å². The van der Waals surface area contributed by atoms with E-state index in [9.17, 15) is 0 Å². The summed E-state index contributed by atoms with van der Waals surface area (Å²) in [5, 5.41) is 0. The third kappa shape index (κ3) is 2.67. The molecule has 0 N–H and O–H groups in total. The summed E-state index contributed by atoms with van der Waals surface area (Å²) in [6, 6.07) is 3.82. The fourth-order valence-electron chi connectivity index (χ4n) is 0.376. The van der Waals surface area contributed by atoms with Crippen molar-refractivity contribution in [2.24, 2.45) is 7.05 Å². The van der Waals surface area contributed by atoms with Crippen molar-refractivity contribution in [3.63, 3.8) is 0 Å². The quantitative estimate of drug-likeness (QED) is 0.270. The van der Waals surface area contributed by atoms with E-state index >= 15 is 0 Å². The zero-order chi connectivity index (χ0) is 4.41. The first-order valence-corrected chi connectivity index (χ1v) is 1.88. The molecule has 0 aliphatic heterocycles. The second kappa shape index (κ2) is 3.86. The van der Waals surface area contributed by atoms with E-state index in [1.54, 1.807) is 0 Å². The van der Waals surface area contributed by atoms with E-state index < -0.39 is 0 Å². The van der Waals surface area contributed by atoms with Crippen molar-refractivity contribution in [2.75, 3.05) is 0 Å². The van der Waals surface area contributed by atoms with Crippen LogP contribution in [0.4, 0.5) is 0 Å². The minimum absolute atomic E-state index is 0. The molecule has 0 radical (unpaired) electrons. The summed E-state index contributed by atoms with van der Waals surface area (Å²) >= 11 is 0. The molecule has 0 unspecified atom stereocenters. The maximum atomic E-state index is 2.92. The van der Waals surface area contributed by atoms with Crippen LogP contribution < -0.4 is 51.4 Å². The van der Waals surface area contributed by atoms with Gasteiger partial charge in [-0.3, -0.25) is 0 Å². The van der Waals surface area contributed by atoms with Crippen LogP contribution in [-0.2, 0) is 7.05 Å². The Morgan fingerprint density at radius 2 is 2.29 bits per heavy atom. The Balaban J connectivity index is 0.000000360. The molecule has 0 saturated carbocycles. The molecule has 32 valence electrons. The molecule has 0 amide bonds. The molecule has 1 heterocycles. The molecule has 1 aromatic heterocycles. The first-order valence-electron chi connectivity index (χ1n) is 1.88. The monoisotopic (exact) mass is 119 g/mol. The molecule has 0 aliphatic carbocycles. The van der Waals surface area contributed by atoms with Crippen LogP contribution in [0, 0.1) is 6.20 Å². The average Bonchev–Trinajstić information content (AvgIpc) is 1.86. The van der Waals surface area contributed by atoms with Gasteiger partial charge in [-0.15, -0.1) is 12.4 Å². The van der Waals surface area contributed by atoms with Crippen molar-refractivity contribution in [1.29, 1.82) is 0 Å². The summed E-state index contributed by atoms with van der Waals surface area (Å²) in [6.07, 6.45) is 4.86. The molecular formula is C5H6KN. The molecule has 0 atom stereocenters. The van der Waals surface area contributed by atoms with Crippen molar-refractivity contribution in [1.82, 2.24) is 4.57 Å². The first-order chi connectivity index (χ1) is 2.89. The number of aryl methyl sites for hydroxylation is 1. The molecule has 1 nitrogen and oxygen atoms in total. The summed E-state index contributed by atoms with van der Waals surface area (Å²) in [4.78, 5) is 0. The molecule has 0 aromatic carbocycles. The fraction of sp³-hybridized carbons (Fsp3) is 0.200. The van der Waals surface area contributed by atoms with Crippen LogP contribution in [0.1, 0.15) is 0 Å². The van der Waals surface area contributed by atoms with Crippen molar-refractivity contribution in [3.8, 4) is 0 Å². The molecule has 1 aromatic rings. The van der Waals surface area contributed by atoms with E-state index in [1.165, 1.54) is 0 Å². The third-order valence-electron chi connectivity index (χ3n) is 0.684. The fourth-order valence-corrected chi connectivity index (χ4v) is 0.376. The molecule has 0 saturated heterocycles. The molecule has 0 fully saturated rings. The van der Waals surface area contributed by atoms with Crippen LogP contribution in [0.3, 0.4) is 0 Å². The number of hydrogen-bond acceptors (Lipinski definition) is 0. The molecule has 0 aliphatic rings. The van der Waals surface area contributed by atoms with Crippen LogP contribution in [0.2, 0.25) is 0 Å². The zero-order valence-corrected chi connectivity index (χ0v) is 7.80. The Bertz CT molecular complexity index is 112. The standard InChI is InChI=1S/C5H6N.K/c1-6-4-2-3-5-6;/h2-4H,1H3;/q-1;+1. The van der Waals surface area contributed by atoms with Gasteiger partial charge in [0.1, 0.15) is 0 Å². The number of aromatic nitrogens is 1. The second-order valence-electron chi connectivity index (χ2n) is 1.25. The van der Waals surface area contributed by atoms with Gasteiger partial charge in [0.2, 0.25) is 0 Å². The SMILES string of the molecule is Cn1[c-]ccc1.[K+]. The van der Waals surface area contributed by atoms with Gasteiger partial charge in [0.25, 0.3) is 0 Å². The van der Waals surface area contributed by atoms with Crippen LogP contribution in [0.5, 0.6) is 0 Å². The number of rotatable bonds is 0. The maximum Gasteiger partial charge on any atom is 1.00 e. The van der Waals surface area contributed by atoms with Gasteiger partial charge in [0, 0.05) is 0 Å². The van der Waals surface area contributed by atoms with Gasteiger partial charge >= 0.3 is 51.4 Å². The summed E-state index contributed by atoms with van der Waals surface area (Å²) in [5.74, 6) is 0. The van der Waals surface area contributed by atoms with E-state index in [2.05, 4.69) is 6.20 Å². The number of hydrogen-bond donors (Lipinski definition) is 0. The molecule has 2 heteroatoms. The Morgan fingerprint density at radius 1 is 1.57 bits per heavy atom. The van der Waals surface area contributed by atoms with Gasteiger partial charge in [-0.2, -0.15) is 12.1 Å². The van der Waals surface area contributed by atoms with Gasteiger partial charge in [0.15, 0.2) is 0 Å². The molecule has 0 spiro atoms. The number of nitrogens with zero attached hydrogens (tertiary/aromatic N) is 1. The van der Waals surface area contributed by atoms with Crippen LogP contribution in [0.25, 0.3) is 0 Å². The Morgan fingerprint density at radius 3 is 2.43 bits per heavy atom. The summed E-state index contributed by atoms with van der Waals surface area (Å²) in [5.41, 5.74) is 0. The molecule has 1 rings (SSSR count). The van der Waals surface area contributed by atoms with Gasteiger partial charge in [-0.05, 0) is 7.05 Å². The third-order valence-corrected chi connectivity index (χ3v) is 0.684. The zero-order valence-electron chi connectivity index (χ0n) is 4.68. The average molecular weight is 119 g/mol. The molecule has 7 heavy (non-hydrogen) atoms. The largest absolute Gasteiger partial charge is 1.00 e. The predicted molar refractivity (Wildman–Crippen MR) is 24.2 cm³/mol. The Labute approximate surface area is 86.1 Å². The topological polar surface area (TPSA) is 4.93 Å². The summed E-state index contributed by atoms with van der Waals surface area (Å²) in [7, 11) is 1.94.